The van der Waals surface area contributed by atoms with Gasteiger partial charge in [-0.25, -0.2) is 4.79 Å². The number of nitrogens with two attached hydrogens (primary N) is 1. The molecular formula is C28H33Cl2N5O2. The Balaban J connectivity index is 0.00000380. The van der Waals surface area contributed by atoms with Gasteiger partial charge in [-0.2, -0.15) is 9.61 Å². The topological polar surface area (TPSA) is 85.6 Å². The Morgan fingerprint density at radius 2 is 1.78 bits per heavy atom. The van der Waals surface area contributed by atoms with Gasteiger partial charge in [-0.15, -0.1) is 12.4 Å². The van der Waals surface area contributed by atoms with Crippen LogP contribution >= 0.6 is 24.0 Å². The van der Waals surface area contributed by atoms with Crippen molar-refractivity contribution in [2.45, 2.75) is 46.2 Å². The van der Waals surface area contributed by atoms with Crippen molar-refractivity contribution in [3.8, 4) is 0 Å². The predicted octanol–water partition coefficient (Wildman–Crippen LogP) is 5.18. The van der Waals surface area contributed by atoms with Gasteiger partial charge in [0.2, 0.25) is 0 Å². The molecule has 0 unspecified atom stereocenters. The highest BCUT2D eigenvalue weighted by Crippen LogP contribution is 2.30. The number of rotatable bonds is 9. The summed E-state index contributed by atoms with van der Waals surface area (Å²) in [6.07, 6.45) is 1.25. The monoisotopic (exact) mass is 541 g/mol. The van der Waals surface area contributed by atoms with Crippen LogP contribution in [0.25, 0.3) is 5.52 Å². The van der Waals surface area contributed by atoms with Gasteiger partial charge >= 0.3 is 5.69 Å². The van der Waals surface area contributed by atoms with Gasteiger partial charge in [0.1, 0.15) is 0 Å². The van der Waals surface area contributed by atoms with Gasteiger partial charge in [0, 0.05) is 17.8 Å². The molecule has 0 radical (unpaired) electrons. The van der Waals surface area contributed by atoms with Crippen molar-refractivity contribution in [2.24, 2.45) is 5.73 Å². The molecule has 0 bridgehead atoms. The first-order chi connectivity index (χ1) is 17.3. The summed E-state index contributed by atoms with van der Waals surface area (Å²) in [5, 5.41) is 4.82. The number of nitrogens with zero attached hydrogens (tertiary/aromatic N) is 4. The quantitative estimate of drug-likeness (QED) is 0.316. The van der Waals surface area contributed by atoms with Crippen molar-refractivity contribution in [2.75, 3.05) is 13.1 Å². The molecule has 196 valence electrons. The third-order valence-electron chi connectivity index (χ3n) is 6.48. The summed E-state index contributed by atoms with van der Waals surface area (Å²) in [7, 11) is 0. The Morgan fingerprint density at radius 1 is 1.11 bits per heavy atom. The van der Waals surface area contributed by atoms with Gasteiger partial charge in [-0.3, -0.25) is 9.36 Å². The molecule has 0 spiro atoms. The van der Waals surface area contributed by atoms with E-state index >= 15 is 0 Å². The van der Waals surface area contributed by atoms with Crippen LogP contribution in [0.4, 0.5) is 0 Å². The number of aryl methyl sites for hydroxylation is 2. The summed E-state index contributed by atoms with van der Waals surface area (Å²) in [6, 6.07) is 18.9. The molecule has 1 amide bonds. The van der Waals surface area contributed by atoms with Crippen molar-refractivity contribution in [1.29, 1.82) is 0 Å². The van der Waals surface area contributed by atoms with Gasteiger partial charge in [0.05, 0.1) is 28.8 Å². The largest absolute Gasteiger partial charge is 0.349 e. The first kappa shape index (κ1) is 28.4. The fraction of sp³-hybridized carbons (Fsp3) is 0.321. The molecular weight excluding hydrogens is 509 g/mol. The summed E-state index contributed by atoms with van der Waals surface area (Å²) in [5.74, 6) is -0.0929. The highest BCUT2D eigenvalue weighted by molar-refractivity contribution is 6.34. The van der Waals surface area contributed by atoms with Crippen LogP contribution in [0.5, 0.6) is 0 Å². The fourth-order valence-corrected chi connectivity index (χ4v) is 4.72. The number of halogens is 2. The molecule has 9 heteroatoms. The molecule has 2 aromatic heterocycles. The molecule has 1 atom stereocenters. The third kappa shape index (κ3) is 5.90. The summed E-state index contributed by atoms with van der Waals surface area (Å²) in [4.78, 5) is 29.3. The van der Waals surface area contributed by atoms with Crippen LogP contribution in [0.1, 0.15) is 58.7 Å². The number of hydrogen-bond donors (Lipinski definition) is 1. The minimum atomic E-state index is -0.363. The van der Waals surface area contributed by atoms with E-state index in [-0.39, 0.29) is 30.0 Å². The van der Waals surface area contributed by atoms with Crippen molar-refractivity contribution in [1.82, 2.24) is 19.1 Å². The van der Waals surface area contributed by atoms with Crippen LogP contribution in [0.2, 0.25) is 5.02 Å². The maximum Gasteiger partial charge on any atom is 0.349 e. The van der Waals surface area contributed by atoms with E-state index in [1.807, 2.05) is 79.4 Å². The molecule has 2 heterocycles. The number of amides is 1. The molecule has 4 rings (SSSR count). The number of fused-ring (bicyclic) bond motifs is 1. The van der Waals surface area contributed by atoms with E-state index in [0.717, 1.165) is 16.8 Å². The molecule has 0 aliphatic heterocycles. The smallest absolute Gasteiger partial charge is 0.330 e. The lowest BCUT2D eigenvalue weighted by atomic mass is 10.0. The molecule has 0 saturated carbocycles. The summed E-state index contributed by atoms with van der Waals surface area (Å²) >= 11 is 6.55. The van der Waals surface area contributed by atoms with Crippen molar-refractivity contribution in [3.63, 3.8) is 0 Å². The number of hydrogen-bond acceptors (Lipinski definition) is 4. The standard InChI is InChI=1S/C28H32ClN5O2.ClH/c1-4-23(32(16-8-15-30)27(35)22-13-11-19(2)12-14-22)24-17-25-26(29)20(3)31-34(25)28(36)33(24)18-21-9-6-5-7-10-21;/h5-7,9-14,17,23H,4,8,15-16,18,30H2,1-3H3;1H/t23-;/m0./s1. The lowest BCUT2D eigenvalue weighted by Crippen LogP contribution is -2.40. The number of carbonyl (C=O) groups excluding carboxylic acids is 1. The predicted molar refractivity (Wildman–Crippen MR) is 151 cm³/mol. The molecule has 2 aromatic carbocycles. The molecule has 7 nitrogen and oxygen atoms in total. The van der Waals surface area contributed by atoms with E-state index in [4.69, 9.17) is 17.3 Å². The molecule has 37 heavy (non-hydrogen) atoms. The maximum atomic E-state index is 13.8. The van der Waals surface area contributed by atoms with Crippen LogP contribution in [0.3, 0.4) is 0 Å². The Hall–Kier alpha value is -3.13. The number of benzene rings is 2. The second-order valence-corrected chi connectivity index (χ2v) is 9.43. The van der Waals surface area contributed by atoms with E-state index in [0.29, 0.717) is 54.3 Å². The highest BCUT2D eigenvalue weighted by atomic mass is 35.5. The zero-order valence-electron chi connectivity index (χ0n) is 21.4. The fourth-order valence-electron chi connectivity index (χ4n) is 4.55. The van der Waals surface area contributed by atoms with Gasteiger partial charge in [0.15, 0.2) is 0 Å². The van der Waals surface area contributed by atoms with Crippen LogP contribution in [0, 0.1) is 13.8 Å². The average Bonchev–Trinajstić information content (AvgIpc) is 3.18. The van der Waals surface area contributed by atoms with Crippen LogP contribution in [-0.2, 0) is 6.54 Å². The minimum absolute atomic E-state index is 0. The summed E-state index contributed by atoms with van der Waals surface area (Å²) < 4.78 is 3.06. The van der Waals surface area contributed by atoms with E-state index < -0.39 is 0 Å². The second kappa shape index (κ2) is 12.4. The molecule has 0 aliphatic carbocycles. The zero-order valence-corrected chi connectivity index (χ0v) is 22.9. The van der Waals surface area contributed by atoms with Gasteiger partial charge < -0.3 is 10.6 Å². The van der Waals surface area contributed by atoms with Gasteiger partial charge in [-0.1, -0.05) is 66.6 Å². The molecule has 2 N–H and O–H groups in total. The van der Waals surface area contributed by atoms with Crippen LogP contribution < -0.4 is 11.4 Å². The summed E-state index contributed by atoms with van der Waals surface area (Å²) in [5.41, 5.74) is 10.1. The third-order valence-corrected chi connectivity index (χ3v) is 6.95. The van der Waals surface area contributed by atoms with E-state index in [2.05, 4.69) is 5.10 Å². The Bertz CT molecular complexity index is 1410. The summed E-state index contributed by atoms with van der Waals surface area (Å²) in [6.45, 7) is 7.07. The lowest BCUT2D eigenvalue weighted by molar-refractivity contribution is 0.0660. The second-order valence-electron chi connectivity index (χ2n) is 9.05. The SMILES string of the molecule is CC[C@@H](c1cc2c(Cl)c(C)nn2c(=O)n1Cc1ccccc1)N(CCCN)C(=O)c1ccc(C)cc1.Cl. The first-order valence-electron chi connectivity index (χ1n) is 12.3. The molecule has 0 fully saturated rings. The van der Waals surface area contributed by atoms with E-state index in [1.54, 1.807) is 11.5 Å². The Kier molecular flexibility index (Phi) is 9.54. The lowest BCUT2D eigenvalue weighted by Gasteiger charge is -2.33. The van der Waals surface area contributed by atoms with Crippen molar-refractivity contribution < 1.29 is 4.79 Å². The van der Waals surface area contributed by atoms with Crippen molar-refractivity contribution in [3.05, 3.63) is 104 Å². The molecule has 0 aliphatic rings. The van der Waals surface area contributed by atoms with E-state index in [9.17, 15) is 9.59 Å². The first-order valence-corrected chi connectivity index (χ1v) is 12.6. The zero-order chi connectivity index (χ0) is 25.8. The minimum Gasteiger partial charge on any atom is -0.330 e. The molecule has 4 aromatic rings. The van der Waals surface area contributed by atoms with Crippen LogP contribution in [-0.4, -0.2) is 38.1 Å². The normalized spacial score (nSPS) is 11.8. The van der Waals surface area contributed by atoms with E-state index in [1.165, 1.54) is 4.52 Å². The average molecular weight is 543 g/mol. The van der Waals surface area contributed by atoms with Crippen LogP contribution in [0.15, 0.2) is 65.5 Å². The van der Waals surface area contributed by atoms with Crippen molar-refractivity contribution >= 4 is 35.4 Å². The highest BCUT2D eigenvalue weighted by Gasteiger charge is 2.29. The van der Waals surface area contributed by atoms with Gasteiger partial charge in [-0.05, 0) is 57.0 Å². The Labute approximate surface area is 228 Å². The number of aromatic nitrogens is 3. The molecule has 0 saturated heterocycles. The number of carbonyl (C=O) groups is 1. The Morgan fingerprint density at radius 3 is 2.41 bits per heavy atom. The van der Waals surface area contributed by atoms with Gasteiger partial charge in [0.25, 0.3) is 5.91 Å². The maximum absolute atomic E-state index is 13.8.